The standard InChI is InChI=1S/C49H29N3OS2/c1-2-11-29-26-31(23-22-28(29)10-1)47-50-48(52-49(51-47)37-16-9-21-43-46(37)35-13-4-6-19-41(35)55-43)36-15-7-17-38-44(36)33-25-24-30(27-39(33)53-38)32-14-8-20-42-45(32)34-12-3-5-18-40(34)54-42/h1-27,49H,(H,50,51,52). The van der Waals surface area contributed by atoms with Crippen LogP contribution >= 0.6 is 22.7 Å². The number of rotatable bonds is 4. The second-order valence-electron chi connectivity index (χ2n) is 14.1. The van der Waals surface area contributed by atoms with Crippen molar-refractivity contribution in [3.05, 3.63) is 180 Å². The van der Waals surface area contributed by atoms with Crippen LogP contribution < -0.4 is 5.32 Å². The first-order valence-electron chi connectivity index (χ1n) is 18.4. The predicted molar refractivity (Wildman–Crippen MR) is 234 cm³/mol. The normalized spacial score (nSPS) is 14.7. The van der Waals surface area contributed by atoms with Gasteiger partial charge < -0.3 is 9.73 Å². The minimum absolute atomic E-state index is 0.364. The smallest absolute Gasteiger partial charge is 0.160 e. The van der Waals surface area contributed by atoms with E-state index in [1.54, 1.807) is 0 Å². The molecule has 0 fully saturated rings. The summed E-state index contributed by atoms with van der Waals surface area (Å²) in [4.78, 5) is 10.7. The Kier molecular flexibility index (Phi) is 6.70. The van der Waals surface area contributed by atoms with Gasteiger partial charge in [0, 0.05) is 67.8 Å². The summed E-state index contributed by atoms with van der Waals surface area (Å²) in [6, 6.07) is 58.4. The Hall–Kier alpha value is -6.60. The van der Waals surface area contributed by atoms with Crippen LogP contribution in [0.15, 0.2) is 178 Å². The summed E-state index contributed by atoms with van der Waals surface area (Å²) in [5, 5.41) is 13.3. The Morgan fingerprint density at radius 3 is 2.00 bits per heavy atom. The maximum atomic E-state index is 6.68. The Bertz CT molecular complexity index is 3440. The van der Waals surface area contributed by atoms with E-state index in [9.17, 15) is 0 Å². The van der Waals surface area contributed by atoms with Crippen LogP contribution in [0.2, 0.25) is 0 Å². The quantitative estimate of drug-likeness (QED) is 0.195. The highest BCUT2D eigenvalue weighted by Gasteiger charge is 2.26. The van der Waals surface area contributed by atoms with E-state index >= 15 is 0 Å². The van der Waals surface area contributed by atoms with Crippen LogP contribution in [0, 0.1) is 0 Å². The first kappa shape index (κ1) is 30.8. The summed E-state index contributed by atoms with van der Waals surface area (Å²) in [6.07, 6.45) is -0.364. The molecule has 0 spiro atoms. The third-order valence-electron chi connectivity index (χ3n) is 10.9. The summed E-state index contributed by atoms with van der Waals surface area (Å²) >= 11 is 3.66. The zero-order chi connectivity index (χ0) is 36.0. The van der Waals surface area contributed by atoms with E-state index in [0.717, 1.165) is 50.0 Å². The van der Waals surface area contributed by atoms with Gasteiger partial charge in [0.05, 0.1) is 0 Å². The molecule has 0 saturated heterocycles. The molecule has 8 aromatic carbocycles. The molecule has 6 heteroatoms. The summed E-state index contributed by atoms with van der Waals surface area (Å²) in [5.74, 6) is 1.47. The highest BCUT2D eigenvalue weighted by Crippen LogP contribution is 2.43. The maximum Gasteiger partial charge on any atom is 0.160 e. The van der Waals surface area contributed by atoms with Gasteiger partial charge in [-0.2, -0.15) is 0 Å². The van der Waals surface area contributed by atoms with Crippen molar-refractivity contribution < 1.29 is 4.42 Å². The number of hydrogen-bond donors (Lipinski definition) is 1. The van der Waals surface area contributed by atoms with Gasteiger partial charge in [0.1, 0.15) is 23.2 Å². The second-order valence-corrected chi connectivity index (χ2v) is 16.3. The molecule has 55 heavy (non-hydrogen) atoms. The molecule has 4 nitrogen and oxygen atoms in total. The van der Waals surface area contributed by atoms with Gasteiger partial charge in [-0.3, -0.25) is 0 Å². The summed E-state index contributed by atoms with van der Waals surface area (Å²) in [5.41, 5.74) is 7.09. The van der Waals surface area contributed by atoms with E-state index in [1.807, 2.05) is 22.7 Å². The lowest BCUT2D eigenvalue weighted by Crippen LogP contribution is -2.33. The molecular formula is C49H29N3OS2. The SMILES string of the molecule is c1ccc2cc(C3=NC(c4cccc5oc6cc(-c7cccc8sc9ccccc9c78)ccc6c45)=NC(c4cccc5sc6ccccc6c45)N3)ccc2c1. The lowest BCUT2D eigenvalue weighted by Gasteiger charge is -2.24. The fraction of sp³-hybridized carbons (Fsp3) is 0.0204. The second kappa shape index (κ2) is 12.0. The molecule has 0 saturated carbocycles. The van der Waals surface area contributed by atoms with Crippen molar-refractivity contribution in [3.8, 4) is 11.1 Å². The molecule has 1 aliphatic rings. The lowest BCUT2D eigenvalue weighted by atomic mass is 9.97. The fourth-order valence-corrected chi connectivity index (χ4v) is 10.7. The van der Waals surface area contributed by atoms with Crippen molar-refractivity contribution in [2.75, 3.05) is 0 Å². The zero-order valence-electron chi connectivity index (χ0n) is 29.3. The van der Waals surface area contributed by atoms with Crippen LogP contribution in [0.5, 0.6) is 0 Å². The first-order chi connectivity index (χ1) is 27.2. The average molecular weight is 740 g/mol. The average Bonchev–Trinajstić information content (AvgIpc) is 3.94. The highest BCUT2D eigenvalue weighted by molar-refractivity contribution is 7.26. The van der Waals surface area contributed by atoms with E-state index in [1.165, 1.54) is 56.7 Å². The molecule has 12 rings (SSSR count). The van der Waals surface area contributed by atoms with Crippen LogP contribution in [-0.4, -0.2) is 11.7 Å². The zero-order valence-corrected chi connectivity index (χ0v) is 30.9. The summed E-state index contributed by atoms with van der Waals surface area (Å²) in [6.45, 7) is 0. The number of nitrogens with one attached hydrogen (secondary N) is 1. The minimum Gasteiger partial charge on any atom is -0.456 e. The Morgan fingerprint density at radius 1 is 0.473 bits per heavy atom. The van der Waals surface area contributed by atoms with Crippen molar-refractivity contribution >= 4 is 107 Å². The van der Waals surface area contributed by atoms with E-state index in [-0.39, 0.29) is 6.17 Å². The number of thiophene rings is 2. The van der Waals surface area contributed by atoms with Crippen LogP contribution in [0.1, 0.15) is 22.9 Å². The van der Waals surface area contributed by atoms with Gasteiger partial charge in [-0.15, -0.1) is 22.7 Å². The molecule has 4 heterocycles. The number of furan rings is 1. The van der Waals surface area contributed by atoms with E-state index in [0.29, 0.717) is 5.84 Å². The molecule has 0 bridgehead atoms. The minimum atomic E-state index is -0.364. The number of benzene rings is 8. The number of hydrogen-bond acceptors (Lipinski definition) is 6. The Labute approximate surface area is 323 Å². The third kappa shape index (κ3) is 4.82. The van der Waals surface area contributed by atoms with Gasteiger partial charge in [0.15, 0.2) is 5.84 Å². The van der Waals surface area contributed by atoms with Gasteiger partial charge in [0.25, 0.3) is 0 Å². The number of aliphatic imine (C=N–C) groups is 2. The lowest BCUT2D eigenvalue weighted by molar-refractivity contribution is 0.668. The molecule has 3 aromatic heterocycles. The van der Waals surface area contributed by atoms with Crippen molar-refractivity contribution in [1.82, 2.24) is 5.32 Å². The van der Waals surface area contributed by atoms with Gasteiger partial charge >= 0.3 is 0 Å². The molecule has 0 amide bonds. The van der Waals surface area contributed by atoms with Crippen molar-refractivity contribution in [1.29, 1.82) is 0 Å². The number of amidine groups is 2. The molecule has 1 unspecified atom stereocenters. The molecule has 0 aliphatic carbocycles. The molecule has 258 valence electrons. The Balaban J connectivity index is 1.05. The maximum absolute atomic E-state index is 6.68. The van der Waals surface area contributed by atoms with Crippen molar-refractivity contribution in [2.45, 2.75) is 6.17 Å². The van der Waals surface area contributed by atoms with E-state index < -0.39 is 0 Å². The van der Waals surface area contributed by atoms with E-state index in [2.05, 4.69) is 169 Å². The largest absolute Gasteiger partial charge is 0.456 e. The van der Waals surface area contributed by atoms with Crippen LogP contribution in [0.25, 0.3) is 84.2 Å². The summed E-state index contributed by atoms with van der Waals surface area (Å²) in [7, 11) is 0. The highest BCUT2D eigenvalue weighted by atomic mass is 32.1. The molecule has 1 N–H and O–H groups in total. The molecule has 1 atom stereocenters. The predicted octanol–water partition coefficient (Wildman–Crippen LogP) is 13.6. The van der Waals surface area contributed by atoms with Crippen molar-refractivity contribution in [2.24, 2.45) is 9.98 Å². The van der Waals surface area contributed by atoms with Crippen molar-refractivity contribution in [3.63, 3.8) is 0 Å². The molecule has 0 radical (unpaired) electrons. The fourth-order valence-electron chi connectivity index (χ4n) is 8.44. The topological polar surface area (TPSA) is 49.9 Å². The van der Waals surface area contributed by atoms with Gasteiger partial charge in [-0.05, 0) is 70.4 Å². The van der Waals surface area contributed by atoms with Crippen LogP contribution in [0.3, 0.4) is 0 Å². The first-order valence-corrected chi connectivity index (χ1v) is 20.1. The van der Waals surface area contributed by atoms with Crippen LogP contribution in [-0.2, 0) is 0 Å². The number of nitrogens with zero attached hydrogens (tertiary/aromatic N) is 2. The Morgan fingerprint density at radius 2 is 1.15 bits per heavy atom. The van der Waals surface area contributed by atoms with Crippen LogP contribution in [0.4, 0.5) is 0 Å². The molecular weight excluding hydrogens is 711 g/mol. The third-order valence-corrected chi connectivity index (χ3v) is 13.2. The summed E-state index contributed by atoms with van der Waals surface area (Å²) < 4.78 is 11.8. The van der Waals surface area contributed by atoms with E-state index in [4.69, 9.17) is 14.4 Å². The van der Waals surface area contributed by atoms with Gasteiger partial charge in [-0.1, -0.05) is 115 Å². The molecule has 1 aliphatic heterocycles. The van der Waals surface area contributed by atoms with Gasteiger partial charge in [0.2, 0.25) is 0 Å². The molecule has 11 aromatic rings. The monoisotopic (exact) mass is 739 g/mol. The van der Waals surface area contributed by atoms with Gasteiger partial charge in [-0.25, -0.2) is 9.98 Å². The number of fused-ring (bicyclic) bond motifs is 10.